The number of aromatic amines is 1. The summed E-state index contributed by atoms with van der Waals surface area (Å²) < 4.78 is 1.51. The molecule has 0 spiro atoms. The van der Waals surface area contributed by atoms with Crippen molar-refractivity contribution in [1.29, 1.82) is 0 Å². The maximum absolute atomic E-state index is 12.2. The zero-order valence-corrected chi connectivity index (χ0v) is 13.9. The van der Waals surface area contributed by atoms with Gasteiger partial charge in [0.1, 0.15) is 6.33 Å². The number of tetrazole rings is 1. The van der Waals surface area contributed by atoms with Gasteiger partial charge in [0.15, 0.2) is 0 Å². The van der Waals surface area contributed by atoms with E-state index in [1.165, 1.54) is 16.6 Å². The van der Waals surface area contributed by atoms with E-state index in [-0.39, 0.29) is 5.56 Å². The van der Waals surface area contributed by atoms with Crippen LogP contribution in [-0.2, 0) is 13.0 Å². The number of aromatic nitrogens is 5. The van der Waals surface area contributed by atoms with Gasteiger partial charge in [-0.25, -0.2) is 4.68 Å². The lowest BCUT2D eigenvalue weighted by Gasteiger charge is -2.03. The van der Waals surface area contributed by atoms with Gasteiger partial charge in [0, 0.05) is 23.1 Å². The summed E-state index contributed by atoms with van der Waals surface area (Å²) in [6.07, 6.45) is 2.18. The van der Waals surface area contributed by atoms with Gasteiger partial charge in [0.2, 0.25) is 0 Å². The van der Waals surface area contributed by atoms with Crippen LogP contribution in [0.3, 0.4) is 0 Å². The van der Waals surface area contributed by atoms with Crippen molar-refractivity contribution in [3.8, 4) is 11.8 Å². The third-order valence-corrected chi connectivity index (χ3v) is 4.01. The van der Waals surface area contributed by atoms with Crippen LogP contribution in [0.1, 0.15) is 16.7 Å². The van der Waals surface area contributed by atoms with Gasteiger partial charge in [-0.15, -0.1) is 5.10 Å². The first kappa shape index (κ1) is 15.8. The van der Waals surface area contributed by atoms with Crippen LogP contribution in [0.15, 0.2) is 65.7 Å². The minimum Gasteiger partial charge on any atom is -0.322 e. The van der Waals surface area contributed by atoms with E-state index in [1.54, 1.807) is 0 Å². The molecule has 126 valence electrons. The predicted molar refractivity (Wildman–Crippen MR) is 98.5 cm³/mol. The molecule has 0 fully saturated rings. The summed E-state index contributed by atoms with van der Waals surface area (Å²) in [7, 11) is 0. The Morgan fingerprint density at radius 1 is 1.08 bits per heavy atom. The van der Waals surface area contributed by atoms with Crippen molar-refractivity contribution in [2.45, 2.75) is 13.0 Å². The van der Waals surface area contributed by atoms with Crippen molar-refractivity contribution in [2.24, 2.45) is 0 Å². The van der Waals surface area contributed by atoms with Crippen LogP contribution in [0.2, 0.25) is 0 Å². The summed E-state index contributed by atoms with van der Waals surface area (Å²) in [5, 5.41) is 11.9. The Morgan fingerprint density at radius 2 is 1.96 bits per heavy atom. The molecule has 2 aromatic carbocycles. The number of hydrogen-bond acceptors (Lipinski definition) is 4. The molecule has 4 rings (SSSR count). The van der Waals surface area contributed by atoms with Crippen LogP contribution in [-0.4, -0.2) is 25.2 Å². The highest BCUT2D eigenvalue weighted by molar-refractivity contribution is 5.80. The van der Waals surface area contributed by atoms with Crippen molar-refractivity contribution in [2.75, 3.05) is 0 Å². The highest BCUT2D eigenvalue weighted by atomic mass is 16.1. The summed E-state index contributed by atoms with van der Waals surface area (Å²) in [4.78, 5) is 15.1. The molecule has 0 aliphatic carbocycles. The number of nitrogens with zero attached hydrogens (tertiary/aromatic N) is 4. The summed E-state index contributed by atoms with van der Waals surface area (Å²) in [5.74, 6) is 6.38. The Hall–Kier alpha value is -3.72. The molecule has 4 aromatic rings. The number of pyridine rings is 1. The van der Waals surface area contributed by atoms with Crippen LogP contribution in [0, 0.1) is 11.8 Å². The molecule has 26 heavy (non-hydrogen) atoms. The average molecular weight is 341 g/mol. The van der Waals surface area contributed by atoms with E-state index < -0.39 is 0 Å². The second-order valence-corrected chi connectivity index (χ2v) is 5.90. The van der Waals surface area contributed by atoms with Crippen molar-refractivity contribution < 1.29 is 0 Å². The van der Waals surface area contributed by atoms with Crippen molar-refractivity contribution in [1.82, 2.24) is 25.2 Å². The normalized spacial score (nSPS) is 10.5. The number of nitrogens with one attached hydrogen (secondary N) is 1. The third-order valence-electron chi connectivity index (χ3n) is 4.01. The van der Waals surface area contributed by atoms with Crippen LogP contribution in [0.5, 0.6) is 0 Å². The minimum absolute atomic E-state index is 0.143. The first-order valence-corrected chi connectivity index (χ1v) is 8.17. The van der Waals surface area contributed by atoms with E-state index in [2.05, 4.69) is 44.5 Å². The fourth-order valence-electron chi connectivity index (χ4n) is 2.72. The fraction of sp³-hybridized carbons (Fsp3) is 0.100. The summed E-state index contributed by atoms with van der Waals surface area (Å²) >= 11 is 0. The second kappa shape index (κ2) is 7.03. The van der Waals surface area contributed by atoms with Crippen molar-refractivity contribution in [3.05, 3.63) is 88.0 Å². The molecule has 0 atom stereocenters. The molecule has 0 saturated carbocycles. The fourth-order valence-corrected chi connectivity index (χ4v) is 2.72. The molecule has 0 aliphatic rings. The van der Waals surface area contributed by atoms with Gasteiger partial charge in [-0.3, -0.25) is 4.79 Å². The third kappa shape index (κ3) is 3.52. The lowest BCUT2D eigenvalue weighted by molar-refractivity contribution is 0.644. The Balaban J connectivity index is 1.62. The average Bonchev–Trinajstić information content (AvgIpc) is 3.17. The van der Waals surface area contributed by atoms with Gasteiger partial charge >= 0.3 is 0 Å². The van der Waals surface area contributed by atoms with Gasteiger partial charge in [-0.1, -0.05) is 42.2 Å². The molecular weight excluding hydrogens is 326 g/mol. The van der Waals surface area contributed by atoms with E-state index in [9.17, 15) is 4.79 Å². The van der Waals surface area contributed by atoms with Gasteiger partial charge < -0.3 is 4.98 Å². The molecule has 0 unspecified atom stereocenters. The van der Waals surface area contributed by atoms with Crippen molar-refractivity contribution >= 4 is 10.9 Å². The zero-order chi connectivity index (χ0) is 17.8. The molecule has 1 N–H and O–H groups in total. The van der Waals surface area contributed by atoms with Crippen LogP contribution < -0.4 is 5.56 Å². The lowest BCUT2D eigenvalue weighted by atomic mass is 10.1. The number of hydrogen-bond donors (Lipinski definition) is 1. The Morgan fingerprint density at radius 3 is 2.77 bits per heavy atom. The smallest absolute Gasteiger partial charge is 0.253 e. The molecule has 0 amide bonds. The highest BCUT2D eigenvalue weighted by Gasteiger charge is 2.05. The molecule has 0 aliphatic heterocycles. The second-order valence-electron chi connectivity index (χ2n) is 5.90. The molecule has 6 nitrogen and oxygen atoms in total. The quantitative estimate of drug-likeness (QED) is 0.579. The Labute approximate surface area is 149 Å². The van der Waals surface area contributed by atoms with E-state index >= 15 is 0 Å². The van der Waals surface area contributed by atoms with E-state index in [0.717, 1.165) is 16.5 Å². The van der Waals surface area contributed by atoms with Crippen LogP contribution in [0.25, 0.3) is 10.9 Å². The lowest BCUT2D eigenvalue weighted by Crippen LogP contribution is -2.16. The summed E-state index contributed by atoms with van der Waals surface area (Å²) in [6, 6.07) is 17.8. The first-order valence-electron chi connectivity index (χ1n) is 8.17. The standard InChI is InChI=1S/C20H15N5O/c26-20-18(13-25-14-21-23-24-25)12-17-11-16(9-10-19(17)22-20)8-4-7-15-5-2-1-3-6-15/h1-3,5-6,9-12,14H,7,13H2,(H,22,26). The number of fused-ring (bicyclic) bond motifs is 1. The summed E-state index contributed by atoms with van der Waals surface area (Å²) in [6.45, 7) is 0.322. The monoisotopic (exact) mass is 341 g/mol. The highest BCUT2D eigenvalue weighted by Crippen LogP contribution is 2.14. The van der Waals surface area contributed by atoms with Gasteiger partial charge in [0.05, 0.1) is 6.54 Å². The van der Waals surface area contributed by atoms with E-state index in [4.69, 9.17) is 0 Å². The van der Waals surface area contributed by atoms with Crippen LogP contribution >= 0.6 is 0 Å². The molecule has 2 aromatic heterocycles. The SMILES string of the molecule is O=c1[nH]c2ccc(C#CCc3ccccc3)cc2cc1Cn1cnnn1. The number of benzene rings is 2. The topological polar surface area (TPSA) is 76.5 Å². The van der Waals surface area contributed by atoms with Crippen molar-refractivity contribution in [3.63, 3.8) is 0 Å². The number of rotatable bonds is 3. The molecule has 2 heterocycles. The maximum atomic E-state index is 12.2. The van der Waals surface area contributed by atoms with E-state index in [0.29, 0.717) is 18.5 Å². The zero-order valence-electron chi connectivity index (χ0n) is 13.9. The minimum atomic E-state index is -0.143. The first-order chi connectivity index (χ1) is 12.8. The predicted octanol–water partition coefficient (Wildman–Crippen LogP) is 2.16. The van der Waals surface area contributed by atoms with Gasteiger partial charge in [-0.05, 0) is 45.6 Å². The summed E-state index contributed by atoms with van der Waals surface area (Å²) in [5.41, 5.74) is 3.34. The Bertz CT molecular complexity index is 1150. The largest absolute Gasteiger partial charge is 0.322 e. The van der Waals surface area contributed by atoms with Crippen LogP contribution in [0.4, 0.5) is 0 Å². The molecular formula is C20H15N5O. The van der Waals surface area contributed by atoms with Gasteiger partial charge in [0.25, 0.3) is 5.56 Å². The molecule has 0 saturated heterocycles. The maximum Gasteiger partial charge on any atom is 0.253 e. The Kier molecular flexibility index (Phi) is 4.27. The van der Waals surface area contributed by atoms with E-state index in [1.807, 2.05) is 42.5 Å². The molecule has 0 radical (unpaired) electrons. The number of H-pyrrole nitrogens is 1. The molecule has 0 bridgehead atoms. The van der Waals surface area contributed by atoms with Gasteiger partial charge in [-0.2, -0.15) is 0 Å². The molecule has 6 heteroatoms.